The molecule has 0 saturated carbocycles. The Kier molecular flexibility index (Phi) is 5.89. The number of thiophene rings is 1. The Balaban J connectivity index is 2.33. The zero-order chi connectivity index (χ0) is 15.6. The molecule has 9 heteroatoms. The van der Waals surface area contributed by atoms with Crippen molar-refractivity contribution in [1.29, 1.82) is 0 Å². The van der Waals surface area contributed by atoms with Gasteiger partial charge in [-0.2, -0.15) is 0 Å². The van der Waals surface area contributed by atoms with Gasteiger partial charge in [0, 0.05) is 30.2 Å². The molecule has 0 aliphatic heterocycles. The third-order valence-corrected chi connectivity index (χ3v) is 6.66. The number of benzene rings is 1. The van der Waals surface area contributed by atoms with Gasteiger partial charge < -0.3 is 5.32 Å². The largest absolute Gasteiger partial charge is 0.315 e. The SMILES string of the molecule is CNCc1cc(S(=O)(=O)Nc2c(Br)cc(Br)cc2Br)cs1. The molecule has 2 rings (SSSR count). The second kappa shape index (κ2) is 7.10. The first kappa shape index (κ1) is 17.4. The Labute approximate surface area is 152 Å². The molecule has 0 aliphatic rings. The predicted molar refractivity (Wildman–Crippen MR) is 97.4 cm³/mol. The number of sulfonamides is 1. The van der Waals surface area contributed by atoms with E-state index in [9.17, 15) is 8.42 Å². The number of rotatable bonds is 5. The molecule has 0 amide bonds. The van der Waals surface area contributed by atoms with E-state index in [-0.39, 0.29) is 4.90 Å². The van der Waals surface area contributed by atoms with Gasteiger partial charge in [0.25, 0.3) is 10.0 Å². The van der Waals surface area contributed by atoms with E-state index in [0.717, 1.165) is 9.35 Å². The maximum atomic E-state index is 12.4. The van der Waals surface area contributed by atoms with E-state index < -0.39 is 10.0 Å². The van der Waals surface area contributed by atoms with Crippen molar-refractivity contribution in [3.05, 3.63) is 41.9 Å². The Hall–Kier alpha value is 0.0700. The van der Waals surface area contributed by atoms with Crippen molar-refractivity contribution < 1.29 is 8.42 Å². The normalized spacial score (nSPS) is 11.6. The van der Waals surface area contributed by atoms with E-state index in [2.05, 4.69) is 57.8 Å². The first-order valence-corrected chi connectivity index (χ1v) is 10.5. The van der Waals surface area contributed by atoms with Gasteiger partial charge in [-0.3, -0.25) is 4.72 Å². The van der Waals surface area contributed by atoms with E-state index in [1.54, 1.807) is 23.6 Å². The van der Waals surface area contributed by atoms with Gasteiger partial charge in [-0.05, 0) is 57.1 Å². The second-order valence-electron chi connectivity index (χ2n) is 4.13. The number of halogens is 3. The molecule has 1 aromatic heterocycles. The van der Waals surface area contributed by atoms with Crippen LogP contribution in [0.4, 0.5) is 5.69 Å². The minimum absolute atomic E-state index is 0.263. The summed E-state index contributed by atoms with van der Waals surface area (Å²) in [6.45, 7) is 0.645. The maximum Gasteiger partial charge on any atom is 0.262 e. The number of nitrogens with one attached hydrogen (secondary N) is 2. The van der Waals surface area contributed by atoms with Gasteiger partial charge in [0.2, 0.25) is 0 Å². The fourth-order valence-corrected chi connectivity index (χ4v) is 6.71. The number of anilines is 1. The van der Waals surface area contributed by atoms with Crippen LogP contribution in [0.3, 0.4) is 0 Å². The van der Waals surface area contributed by atoms with Crippen LogP contribution in [-0.2, 0) is 16.6 Å². The highest BCUT2D eigenvalue weighted by Crippen LogP contribution is 2.36. The lowest BCUT2D eigenvalue weighted by Gasteiger charge is -2.11. The third-order valence-electron chi connectivity index (χ3n) is 2.53. The molecule has 21 heavy (non-hydrogen) atoms. The molecule has 0 saturated heterocycles. The lowest BCUT2D eigenvalue weighted by Crippen LogP contribution is -2.13. The van der Waals surface area contributed by atoms with E-state index in [1.807, 2.05) is 7.05 Å². The van der Waals surface area contributed by atoms with Crippen molar-refractivity contribution in [3.63, 3.8) is 0 Å². The quantitative estimate of drug-likeness (QED) is 0.610. The Morgan fingerprint density at radius 3 is 2.33 bits per heavy atom. The molecule has 1 heterocycles. The van der Waals surface area contributed by atoms with Crippen LogP contribution in [0.25, 0.3) is 0 Å². The molecular formula is C12H11Br3N2O2S2. The average molecular weight is 519 g/mol. The predicted octanol–water partition coefficient (Wildman–Crippen LogP) is 4.56. The van der Waals surface area contributed by atoms with Gasteiger partial charge >= 0.3 is 0 Å². The first-order chi connectivity index (χ1) is 9.83. The molecule has 0 bridgehead atoms. The molecule has 0 aliphatic carbocycles. The van der Waals surface area contributed by atoms with Crippen molar-refractivity contribution in [2.24, 2.45) is 0 Å². The van der Waals surface area contributed by atoms with Gasteiger partial charge in [-0.25, -0.2) is 8.42 Å². The van der Waals surface area contributed by atoms with E-state index >= 15 is 0 Å². The molecule has 2 N–H and O–H groups in total. The Morgan fingerprint density at radius 1 is 1.14 bits per heavy atom. The summed E-state index contributed by atoms with van der Waals surface area (Å²) >= 11 is 11.5. The summed E-state index contributed by atoms with van der Waals surface area (Å²) in [5.74, 6) is 0. The fraction of sp³-hybridized carbons (Fsp3) is 0.167. The monoisotopic (exact) mass is 516 g/mol. The fourth-order valence-electron chi connectivity index (χ4n) is 1.60. The molecular weight excluding hydrogens is 508 g/mol. The van der Waals surface area contributed by atoms with Crippen molar-refractivity contribution in [1.82, 2.24) is 5.32 Å². The summed E-state index contributed by atoms with van der Waals surface area (Å²) in [5.41, 5.74) is 0.472. The molecule has 2 aromatic rings. The van der Waals surface area contributed by atoms with Gasteiger partial charge in [0.15, 0.2) is 0 Å². The standard InChI is InChI=1S/C12H11Br3N2O2S2/c1-16-5-8-4-9(6-20-8)21(18,19)17-12-10(14)2-7(13)3-11(12)15/h2-4,6,16-17H,5H2,1H3. The van der Waals surface area contributed by atoms with Crippen molar-refractivity contribution in [2.75, 3.05) is 11.8 Å². The molecule has 1 aromatic carbocycles. The van der Waals surface area contributed by atoms with Gasteiger partial charge in [-0.15, -0.1) is 11.3 Å². The first-order valence-electron chi connectivity index (χ1n) is 5.73. The zero-order valence-electron chi connectivity index (χ0n) is 10.8. The van der Waals surface area contributed by atoms with Crippen molar-refractivity contribution in [3.8, 4) is 0 Å². The number of hydrogen-bond donors (Lipinski definition) is 2. The van der Waals surface area contributed by atoms with E-state index in [4.69, 9.17) is 0 Å². The van der Waals surface area contributed by atoms with Crippen LogP contribution < -0.4 is 10.0 Å². The smallest absolute Gasteiger partial charge is 0.262 e. The van der Waals surface area contributed by atoms with Crippen molar-refractivity contribution >= 4 is 74.8 Å². The van der Waals surface area contributed by atoms with Gasteiger partial charge in [-0.1, -0.05) is 15.9 Å². The maximum absolute atomic E-state index is 12.4. The van der Waals surface area contributed by atoms with Gasteiger partial charge in [0.05, 0.1) is 10.6 Å². The molecule has 0 fully saturated rings. The van der Waals surface area contributed by atoms with Gasteiger partial charge in [0.1, 0.15) is 0 Å². The van der Waals surface area contributed by atoms with Crippen LogP contribution in [-0.4, -0.2) is 15.5 Å². The molecule has 114 valence electrons. The summed E-state index contributed by atoms with van der Waals surface area (Å²) in [7, 11) is -1.79. The molecule has 0 radical (unpaired) electrons. The second-order valence-corrected chi connectivity index (χ2v) is 9.43. The highest BCUT2D eigenvalue weighted by molar-refractivity contribution is 9.11. The van der Waals surface area contributed by atoms with E-state index in [0.29, 0.717) is 21.2 Å². The van der Waals surface area contributed by atoms with Crippen LogP contribution in [0.2, 0.25) is 0 Å². The molecule has 4 nitrogen and oxygen atoms in total. The van der Waals surface area contributed by atoms with Crippen LogP contribution in [0, 0.1) is 0 Å². The molecule has 0 atom stereocenters. The Morgan fingerprint density at radius 2 is 1.76 bits per heavy atom. The average Bonchev–Trinajstić information content (AvgIpc) is 2.84. The highest BCUT2D eigenvalue weighted by Gasteiger charge is 2.19. The lowest BCUT2D eigenvalue weighted by molar-refractivity contribution is 0.601. The van der Waals surface area contributed by atoms with Crippen LogP contribution in [0.1, 0.15) is 4.88 Å². The summed E-state index contributed by atoms with van der Waals surface area (Å²) in [6.07, 6.45) is 0. The summed E-state index contributed by atoms with van der Waals surface area (Å²) in [6, 6.07) is 5.23. The van der Waals surface area contributed by atoms with Crippen LogP contribution in [0.5, 0.6) is 0 Å². The number of hydrogen-bond acceptors (Lipinski definition) is 4. The lowest BCUT2D eigenvalue weighted by atomic mass is 10.3. The minimum atomic E-state index is -3.61. The minimum Gasteiger partial charge on any atom is -0.315 e. The summed E-state index contributed by atoms with van der Waals surface area (Å²) < 4.78 is 29.6. The summed E-state index contributed by atoms with van der Waals surface area (Å²) in [4.78, 5) is 1.23. The topological polar surface area (TPSA) is 58.2 Å². The molecule has 0 spiro atoms. The molecule has 0 unspecified atom stereocenters. The van der Waals surface area contributed by atoms with Crippen LogP contribution >= 0.6 is 59.1 Å². The third kappa shape index (κ3) is 4.29. The Bertz CT molecular complexity index is 737. The van der Waals surface area contributed by atoms with E-state index in [1.165, 1.54) is 11.3 Å². The van der Waals surface area contributed by atoms with Crippen LogP contribution in [0.15, 0.2) is 41.9 Å². The highest BCUT2D eigenvalue weighted by atomic mass is 79.9. The summed E-state index contributed by atoms with van der Waals surface area (Å²) in [5, 5.41) is 4.63. The van der Waals surface area contributed by atoms with Crippen molar-refractivity contribution in [2.45, 2.75) is 11.4 Å². The zero-order valence-corrected chi connectivity index (χ0v) is 17.2.